The van der Waals surface area contributed by atoms with Crippen molar-refractivity contribution in [3.63, 3.8) is 0 Å². The molecule has 35 heavy (non-hydrogen) atoms. The number of para-hydroxylation sites is 1. The van der Waals surface area contributed by atoms with Gasteiger partial charge in [0.15, 0.2) is 0 Å². The van der Waals surface area contributed by atoms with Crippen LogP contribution < -0.4 is 9.62 Å². The molecule has 1 aliphatic carbocycles. The van der Waals surface area contributed by atoms with Crippen LogP contribution in [0.3, 0.4) is 0 Å². The summed E-state index contributed by atoms with van der Waals surface area (Å²) in [6, 6.07) is 12.6. The van der Waals surface area contributed by atoms with E-state index in [0.717, 1.165) is 58.5 Å². The van der Waals surface area contributed by atoms with Crippen molar-refractivity contribution in [3.8, 4) is 0 Å². The number of anilines is 1. The van der Waals surface area contributed by atoms with Crippen molar-refractivity contribution in [2.24, 2.45) is 0 Å². The minimum Gasteiger partial charge on any atom is -0.352 e. The SMILES string of the molecule is Cc1ccccc1CN(C(=O)CN(c1c(C)cccc1C)S(C)(=O)=O)C(C)C(=O)NC1CCCC1. The maximum Gasteiger partial charge on any atom is 0.244 e. The quantitative estimate of drug-likeness (QED) is 0.568. The third-order valence-electron chi connectivity index (χ3n) is 6.84. The zero-order chi connectivity index (χ0) is 25.8. The summed E-state index contributed by atoms with van der Waals surface area (Å²) in [5.41, 5.74) is 3.95. The summed E-state index contributed by atoms with van der Waals surface area (Å²) in [4.78, 5) is 28.4. The fraction of sp³-hybridized carbons (Fsp3) is 0.481. The van der Waals surface area contributed by atoms with Gasteiger partial charge < -0.3 is 10.2 Å². The van der Waals surface area contributed by atoms with Gasteiger partial charge in [-0.2, -0.15) is 0 Å². The molecule has 7 nitrogen and oxygen atoms in total. The van der Waals surface area contributed by atoms with Gasteiger partial charge in [-0.05, 0) is 62.8 Å². The van der Waals surface area contributed by atoms with Gasteiger partial charge in [0.25, 0.3) is 0 Å². The molecule has 0 aromatic heterocycles. The summed E-state index contributed by atoms with van der Waals surface area (Å²) < 4.78 is 26.8. The number of aryl methyl sites for hydroxylation is 3. The van der Waals surface area contributed by atoms with E-state index < -0.39 is 22.0 Å². The number of sulfonamides is 1. The first-order chi connectivity index (χ1) is 16.5. The van der Waals surface area contributed by atoms with Crippen LogP contribution >= 0.6 is 0 Å². The van der Waals surface area contributed by atoms with Gasteiger partial charge in [0.1, 0.15) is 12.6 Å². The van der Waals surface area contributed by atoms with E-state index in [-0.39, 0.29) is 25.0 Å². The van der Waals surface area contributed by atoms with Gasteiger partial charge >= 0.3 is 0 Å². The molecule has 190 valence electrons. The monoisotopic (exact) mass is 499 g/mol. The van der Waals surface area contributed by atoms with Crippen LogP contribution in [-0.4, -0.2) is 50.0 Å². The van der Waals surface area contributed by atoms with Gasteiger partial charge in [-0.3, -0.25) is 13.9 Å². The predicted molar refractivity (Wildman–Crippen MR) is 140 cm³/mol. The van der Waals surface area contributed by atoms with Crippen LogP contribution in [-0.2, 0) is 26.2 Å². The summed E-state index contributed by atoms with van der Waals surface area (Å²) in [6.07, 6.45) is 5.17. The lowest BCUT2D eigenvalue weighted by Crippen LogP contribution is -2.52. The highest BCUT2D eigenvalue weighted by Crippen LogP contribution is 2.27. The molecular formula is C27H37N3O4S. The molecule has 1 unspecified atom stereocenters. The van der Waals surface area contributed by atoms with Crippen molar-refractivity contribution in [2.75, 3.05) is 17.1 Å². The smallest absolute Gasteiger partial charge is 0.244 e. The van der Waals surface area contributed by atoms with Crippen molar-refractivity contribution in [1.82, 2.24) is 10.2 Å². The molecule has 0 spiro atoms. The van der Waals surface area contributed by atoms with Crippen LogP contribution in [0.1, 0.15) is 54.9 Å². The summed E-state index contributed by atoms with van der Waals surface area (Å²) >= 11 is 0. The Labute approximate surface area is 209 Å². The summed E-state index contributed by atoms with van der Waals surface area (Å²) in [5, 5.41) is 3.08. The molecule has 1 N–H and O–H groups in total. The number of hydrogen-bond donors (Lipinski definition) is 1. The van der Waals surface area contributed by atoms with E-state index in [9.17, 15) is 18.0 Å². The highest BCUT2D eigenvalue weighted by atomic mass is 32.2. The highest BCUT2D eigenvalue weighted by Gasteiger charge is 2.32. The largest absolute Gasteiger partial charge is 0.352 e. The minimum atomic E-state index is -3.75. The average molecular weight is 500 g/mol. The van der Waals surface area contributed by atoms with E-state index in [1.54, 1.807) is 6.92 Å². The second-order valence-electron chi connectivity index (χ2n) is 9.62. The second kappa shape index (κ2) is 11.2. The van der Waals surface area contributed by atoms with Gasteiger partial charge in [0, 0.05) is 12.6 Å². The lowest BCUT2D eigenvalue weighted by molar-refractivity contribution is -0.139. The Morgan fingerprint density at radius 2 is 1.54 bits per heavy atom. The van der Waals surface area contributed by atoms with E-state index >= 15 is 0 Å². The van der Waals surface area contributed by atoms with Crippen molar-refractivity contribution in [3.05, 3.63) is 64.7 Å². The molecule has 0 bridgehead atoms. The van der Waals surface area contributed by atoms with E-state index in [2.05, 4.69) is 5.32 Å². The molecule has 2 amide bonds. The van der Waals surface area contributed by atoms with Crippen molar-refractivity contribution >= 4 is 27.5 Å². The van der Waals surface area contributed by atoms with E-state index in [1.165, 1.54) is 4.90 Å². The number of carbonyl (C=O) groups is 2. The average Bonchev–Trinajstić information content (AvgIpc) is 3.29. The molecule has 2 aromatic rings. The Morgan fingerprint density at radius 1 is 0.971 bits per heavy atom. The maximum absolute atomic E-state index is 13.7. The molecule has 1 atom stereocenters. The number of nitrogens with zero attached hydrogens (tertiary/aromatic N) is 2. The van der Waals surface area contributed by atoms with Crippen LogP contribution in [0.5, 0.6) is 0 Å². The highest BCUT2D eigenvalue weighted by molar-refractivity contribution is 7.92. The molecule has 0 aliphatic heterocycles. The van der Waals surface area contributed by atoms with Gasteiger partial charge in [-0.1, -0.05) is 55.3 Å². The number of amides is 2. The molecule has 0 heterocycles. The fourth-order valence-corrected chi connectivity index (χ4v) is 5.69. The normalized spacial score (nSPS) is 15.0. The second-order valence-corrected chi connectivity index (χ2v) is 11.5. The Morgan fingerprint density at radius 3 is 2.11 bits per heavy atom. The van der Waals surface area contributed by atoms with E-state index in [4.69, 9.17) is 0 Å². The van der Waals surface area contributed by atoms with Crippen molar-refractivity contribution < 1.29 is 18.0 Å². The van der Waals surface area contributed by atoms with Crippen LogP contribution in [0.2, 0.25) is 0 Å². The summed E-state index contributed by atoms with van der Waals surface area (Å²) in [7, 11) is -3.75. The summed E-state index contributed by atoms with van der Waals surface area (Å²) in [5.74, 6) is -0.632. The third kappa shape index (κ3) is 6.63. The van der Waals surface area contributed by atoms with Gasteiger partial charge in [-0.15, -0.1) is 0 Å². The van der Waals surface area contributed by atoms with Gasteiger partial charge in [-0.25, -0.2) is 8.42 Å². The number of hydrogen-bond acceptors (Lipinski definition) is 4. The topological polar surface area (TPSA) is 86.8 Å². The van der Waals surface area contributed by atoms with E-state index in [0.29, 0.717) is 5.69 Å². The lowest BCUT2D eigenvalue weighted by atomic mass is 10.1. The maximum atomic E-state index is 13.7. The lowest BCUT2D eigenvalue weighted by Gasteiger charge is -2.33. The van der Waals surface area contributed by atoms with Crippen molar-refractivity contribution in [1.29, 1.82) is 0 Å². The Balaban J connectivity index is 1.93. The molecule has 1 fully saturated rings. The zero-order valence-electron chi connectivity index (χ0n) is 21.4. The number of rotatable bonds is 9. The first-order valence-corrected chi connectivity index (χ1v) is 14.0. The number of benzene rings is 2. The standard InChI is InChI=1S/C27H37N3O4S/c1-19-11-6-7-14-23(19)17-29(22(4)27(32)28-24-15-8-9-16-24)25(31)18-30(35(5,33)34)26-20(2)12-10-13-21(26)3/h6-7,10-14,22,24H,8-9,15-18H2,1-5H3,(H,28,32). The Bertz CT molecular complexity index is 1150. The first-order valence-electron chi connectivity index (χ1n) is 12.2. The molecule has 3 rings (SSSR count). The fourth-order valence-electron chi connectivity index (χ4n) is 4.72. The third-order valence-corrected chi connectivity index (χ3v) is 7.95. The summed E-state index contributed by atoms with van der Waals surface area (Å²) in [6.45, 7) is 7.17. The molecule has 2 aromatic carbocycles. The van der Waals surface area contributed by atoms with Crippen molar-refractivity contribution in [2.45, 2.75) is 72.0 Å². The van der Waals surface area contributed by atoms with E-state index in [1.807, 2.05) is 63.2 Å². The molecule has 1 saturated carbocycles. The van der Waals surface area contributed by atoms with Crippen LogP contribution in [0.25, 0.3) is 0 Å². The molecule has 0 radical (unpaired) electrons. The molecular weight excluding hydrogens is 462 g/mol. The number of nitrogens with one attached hydrogen (secondary N) is 1. The molecule has 0 saturated heterocycles. The number of carbonyl (C=O) groups excluding carboxylic acids is 2. The van der Waals surface area contributed by atoms with Crippen LogP contribution in [0, 0.1) is 20.8 Å². The Hall–Kier alpha value is -2.87. The predicted octanol–water partition coefficient (Wildman–Crippen LogP) is 3.85. The molecule has 1 aliphatic rings. The molecule has 8 heteroatoms. The first kappa shape index (κ1) is 26.7. The Kier molecular flexibility index (Phi) is 8.59. The zero-order valence-corrected chi connectivity index (χ0v) is 22.2. The van der Waals surface area contributed by atoms with Gasteiger partial charge in [0.2, 0.25) is 21.8 Å². The van der Waals surface area contributed by atoms with Gasteiger partial charge in [0.05, 0.1) is 11.9 Å². The van der Waals surface area contributed by atoms with Crippen LogP contribution in [0.15, 0.2) is 42.5 Å². The minimum absolute atomic E-state index is 0.127. The van der Waals surface area contributed by atoms with Crippen LogP contribution in [0.4, 0.5) is 5.69 Å².